The van der Waals surface area contributed by atoms with Crippen LogP contribution in [0, 0.1) is 0 Å². The number of nitrogens with one attached hydrogen (secondary N) is 1. The molecule has 6 nitrogen and oxygen atoms in total. The highest BCUT2D eigenvalue weighted by Crippen LogP contribution is 2.32. The minimum absolute atomic E-state index is 0.00922. The summed E-state index contributed by atoms with van der Waals surface area (Å²) in [6.07, 6.45) is 3.78. The molecule has 24 heavy (non-hydrogen) atoms. The van der Waals surface area contributed by atoms with Crippen LogP contribution in [0.5, 0.6) is 0 Å². The van der Waals surface area contributed by atoms with Crippen molar-refractivity contribution in [3.63, 3.8) is 0 Å². The largest absolute Gasteiger partial charge is 0.379 e. The van der Waals surface area contributed by atoms with Gasteiger partial charge < -0.3 is 14.6 Å². The fourth-order valence-corrected chi connectivity index (χ4v) is 4.76. The summed E-state index contributed by atoms with van der Waals surface area (Å²) in [6.45, 7) is 3.91. The lowest BCUT2D eigenvalue weighted by molar-refractivity contribution is -0.0255. The Balaban J connectivity index is 1.72. The first-order valence-corrected chi connectivity index (χ1v) is 9.62. The summed E-state index contributed by atoms with van der Waals surface area (Å²) in [5, 5.41) is 3.03. The van der Waals surface area contributed by atoms with Crippen molar-refractivity contribution in [2.45, 2.75) is 18.4 Å². The number of carbonyl (C=O) groups excluding carboxylic acids is 1. The summed E-state index contributed by atoms with van der Waals surface area (Å²) in [4.78, 5) is 27.1. The van der Waals surface area contributed by atoms with Crippen LogP contribution < -0.4 is 10.9 Å². The summed E-state index contributed by atoms with van der Waals surface area (Å²) >= 11 is 1.97. The molecule has 0 spiro atoms. The number of ether oxygens (including phenoxy) is 1. The Labute approximate surface area is 146 Å². The molecule has 0 atom stereocenters. The lowest BCUT2D eigenvalue weighted by Crippen LogP contribution is -2.60. The van der Waals surface area contributed by atoms with Gasteiger partial charge in [0.15, 0.2) is 0 Å². The molecule has 3 heterocycles. The maximum Gasteiger partial charge on any atom is 0.263 e. The van der Waals surface area contributed by atoms with Crippen molar-refractivity contribution in [2.24, 2.45) is 7.05 Å². The van der Waals surface area contributed by atoms with Crippen LogP contribution in [0.25, 0.3) is 0 Å². The molecule has 1 N–H and O–H groups in total. The number of morpholine rings is 1. The van der Waals surface area contributed by atoms with Crippen molar-refractivity contribution < 1.29 is 9.53 Å². The number of aryl methyl sites for hydroxylation is 1. The zero-order valence-electron chi connectivity index (χ0n) is 14.1. The molecule has 2 aliphatic heterocycles. The highest BCUT2D eigenvalue weighted by molar-refractivity contribution is 7.99. The minimum atomic E-state index is -0.276. The molecule has 0 saturated carbocycles. The van der Waals surface area contributed by atoms with Crippen LogP contribution in [-0.2, 0) is 11.8 Å². The smallest absolute Gasteiger partial charge is 0.263 e. The van der Waals surface area contributed by atoms with Gasteiger partial charge in [0, 0.05) is 38.4 Å². The van der Waals surface area contributed by atoms with Gasteiger partial charge in [-0.1, -0.05) is 0 Å². The van der Waals surface area contributed by atoms with Gasteiger partial charge in [0.25, 0.3) is 11.5 Å². The van der Waals surface area contributed by atoms with Gasteiger partial charge in [-0.2, -0.15) is 11.8 Å². The predicted octanol–water partition coefficient (Wildman–Crippen LogP) is 0.713. The Morgan fingerprint density at radius 2 is 2.04 bits per heavy atom. The second kappa shape index (κ2) is 7.72. The molecule has 3 rings (SSSR count). The van der Waals surface area contributed by atoms with Crippen molar-refractivity contribution in [2.75, 3.05) is 44.4 Å². The molecular formula is C17H25N3O3S. The maximum atomic E-state index is 12.5. The molecule has 1 aromatic heterocycles. The average molecular weight is 351 g/mol. The van der Waals surface area contributed by atoms with E-state index in [0.717, 1.165) is 50.7 Å². The predicted molar refractivity (Wildman–Crippen MR) is 95.7 cm³/mol. The van der Waals surface area contributed by atoms with Gasteiger partial charge in [-0.05, 0) is 36.5 Å². The molecule has 132 valence electrons. The molecule has 0 aromatic carbocycles. The second-order valence-corrected chi connectivity index (χ2v) is 7.68. The molecule has 0 radical (unpaired) electrons. The number of amides is 1. The topological polar surface area (TPSA) is 63.6 Å². The van der Waals surface area contributed by atoms with E-state index in [-0.39, 0.29) is 22.6 Å². The van der Waals surface area contributed by atoms with E-state index in [1.807, 2.05) is 11.8 Å². The Morgan fingerprint density at radius 3 is 2.75 bits per heavy atom. The van der Waals surface area contributed by atoms with Crippen molar-refractivity contribution in [1.82, 2.24) is 14.8 Å². The van der Waals surface area contributed by atoms with Crippen LogP contribution in [-0.4, -0.2) is 65.3 Å². The Kier molecular flexibility index (Phi) is 5.63. The molecular weight excluding hydrogens is 326 g/mol. The first-order chi connectivity index (χ1) is 11.6. The number of hydrogen-bond acceptors (Lipinski definition) is 5. The van der Waals surface area contributed by atoms with Gasteiger partial charge >= 0.3 is 0 Å². The summed E-state index contributed by atoms with van der Waals surface area (Å²) in [5.74, 6) is 1.95. The van der Waals surface area contributed by atoms with E-state index in [9.17, 15) is 9.59 Å². The molecule has 2 saturated heterocycles. The molecule has 0 bridgehead atoms. The summed E-state index contributed by atoms with van der Waals surface area (Å²) in [6, 6.07) is 3.32. The van der Waals surface area contributed by atoms with Crippen molar-refractivity contribution >= 4 is 17.7 Å². The highest BCUT2D eigenvalue weighted by atomic mass is 32.2. The summed E-state index contributed by atoms with van der Waals surface area (Å²) < 4.78 is 6.92. The van der Waals surface area contributed by atoms with Gasteiger partial charge in [0.05, 0.1) is 13.2 Å². The lowest BCUT2D eigenvalue weighted by Gasteiger charge is -2.48. The normalized spacial score (nSPS) is 21.4. The first kappa shape index (κ1) is 17.5. The Bertz CT molecular complexity index is 634. The van der Waals surface area contributed by atoms with E-state index in [1.54, 1.807) is 25.4 Å². The van der Waals surface area contributed by atoms with Gasteiger partial charge in [0.2, 0.25) is 0 Å². The van der Waals surface area contributed by atoms with Crippen LogP contribution >= 0.6 is 11.8 Å². The zero-order chi connectivity index (χ0) is 17.0. The molecule has 0 aliphatic carbocycles. The zero-order valence-corrected chi connectivity index (χ0v) is 14.9. The number of thioether (sulfide) groups is 1. The molecule has 2 aliphatic rings. The van der Waals surface area contributed by atoms with E-state index in [1.165, 1.54) is 4.57 Å². The monoisotopic (exact) mass is 351 g/mol. The Morgan fingerprint density at radius 1 is 1.33 bits per heavy atom. The quantitative estimate of drug-likeness (QED) is 0.866. The van der Waals surface area contributed by atoms with Crippen LogP contribution in [0.2, 0.25) is 0 Å². The minimum Gasteiger partial charge on any atom is -0.379 e. The van der Waals surface area contributed by atoms with Crippen LogP contribution in [0.1, 0.15) is 23.2 Å². The third kappa shape index (κ3) is 3.68. The van der Waals surface area contributed by atoms with Gasteiger partial charge in [-0.3, -0.25) is 14.5 Å². The maximum absolute atomic E-state index is 12.5. The van der Waals surface area contributed by atoms with E-state index in [4.69, 9.17) is 4.74 Å². The van der Waals surface area contributed by atoms with Crippen LogP contribution in [0.3, 0.4) is 0 Å². The molecule has 1 aromatic rings. The number of nitrogens with zero attached hydrogens (tertiary/aromatic N) is 2. The Hall–Kier alpha value is -1.31. The average Bonchev–Trinajstić information content (AvgIpc) is 2.63. The number of rotatable bonds is 4. The molecule has 0 unspecified atom stereocenters. The third-order valence-corrected chi connectivity index (χ3v) is 6.04. The van der Waals surface area contributed by atoms with Gasteiger partial charge in [-0.15, -0.1) is 0 Å². The second-order valence-electron chi connectivity index (χ2n) is 6.46. The van der Waals surface area contributed by atoms with Crippen molar-refractivity contribution in [3.8, 4) is 0 Å². The molecule has 7 heteroatoms. The summed E-state index contributed by atoms with van der Waals surface area (Å²) in [5.41, 5.74) is -0.0537. The first-order valence-electron chi connectivity index (χ1n) is 8.47. The van der Waals surface area contributed by atoms with Gasteiger partial charge in [0.1, 0.15) is 5.56 Å². The fourth-order valence-electron chi connectivity index (χ4n) is 3.50. The SMILES string of the molecule is Cn1cccc(C(=O)NCC2(N3CCOCC3)CCSCC2)c1=O. The third-order valence-electron chi connectivity index (χ3n) is 5.05. The number of pyridine rings is 1. The molecule has 1 amide bonds. The van der Waals surface area contributed by atoms with Crippen molar-refractivity contribution in [3.05, 3.63) is 34.2 Å². The number of hydrogen-bond donors (Lipinski definition) is 1. The van der Waals surface area contributed by atoms with Crippen LogP contribution in [0.4, 0.5) is 0 Å². The van der Waals surface area contributed by atoms with E-state index >= 15 is 0 Å². The van der Waals surface area contributed by atoms with Crippen LogP contribution in [0.15, 0.2) is 23.1 Å². The van der Waals surface area contributed by atoms with E-state index in [2.05, 4.69) is 10.2 Å². The standard InChI is InChI=1S/C17H25N3O3S/c1-19-6-2-3-14(16(19)22)15(21)18-13-17(4-11-24-12-5-17)20-7-9-23-10-8-20/h2-3,6H,4-5,7-13H2,1H3,(H,18,21). The van der Waals surface area contributed by atoms with Crippen molar-refractivity contribution in [1.29, 1.82) is 0 Å². The van der Waals surface area contributed by atoms with Gasteiger partial charge in [-0.25, -0.2) is 0 Å². The highest BCUT2D eigenvalue weighted by Gasteiger charge is 2.39. The molecule has 2 fully saturated rings. The van der Waals surface area contributed by atoms with E-state index in [0.29, 0.717) is 6.54 Å². The lowest BCUT2D eigenvalue weighted by atomic mass is 9.89. The number of carbonyl (C=O) groups is 1. The van der Waals surface area contributed by atoms with E-state index < -0.39 is 0 Å². The summed E-state index contributed by atoms with van der Waals surface area (Å²) in [7, 11) is 1.66. The fraction of sp³-hybridized carbons (Fsp3) is 0.647. The number of aromatic nitrogens is 1.